The number of carbonyl (C=O) groups is 1. The molecule has 3 saturated carbocycles. The Bertz CT molecular complexity index is 372. The third-order valence-corrected chi connectivity index (χ3v) is 4.96. The SMILES string of the molecule is C=C1[C@@H](NC(=O)C(Cl)(Cl)Cl)C[C@H]2C[C@@H]1C2(C)C. The van der Waals surface area contributed by atoms with Gasteiger partial charge in [-0.15, -0.1) is 0 Å². The Morgan fingerprint density at radius 1 is 1.41 bits per heavy atom. The lowest BCUT2D eigenvalue weighted by atomic mass is 9.46. The summed E-state index contributed by atoms with van der Waals surface area (Å²) in [6.07, 6.45) is 2.07. The topological polar surface area (TPSA) is 29.1 Å². The minimum Gasteiger partial charge on any atom is -0.346 e. The molecule has 1 amide bonds. The van der Waals surface area contributed by atoms with Crippen LogP contribution >= 0.6 is 34.8 Å². The Morgan fingerprint density at radius 3 is 2.41 bits per heavy atom. The molecule has 0 aromatic heterocycles. The van der Waals surface area contributed by atoms with Crippen molar-refractivity contribution in [2.45, 2.75) is 36.5 Å². The van der Waals surface area contributed by atoms with Crippen LogP contribution in [0.4, 0.5) is 0 Å². The van der Waals surface area contributed by atoms with Gasteiger partial charge in [0.15, 0.2) is 0 Å². The molecule has 3 fully saturated rings. The highest BCUT2D eigenvalue weighted by molar-refractivity contribution is 6.76. The highest BCUT2D eigenvalue weighted by Gasteiger charge is 2.55. The third-order valence-electron chi connectivity index (χ3n) is 4.45. The molecule has 3 rings (SSSR count). The molecule has 0 aromatic carbocycles. The van der Waals surface area contributed by atoms with E-state index in [0.717, 1.165) is 12.0 Å². The summed E-state index contributed by atoms with van der Waals surface area (Å²) in [4.78, 5) is 11.6. The van der Waals surface area contributed by atoms with E-state index in [1.807, 2.05) is 0 Å². The molecule has 2 nitrogen and oxygen atoms in total. The minimum atomic E-state index is -1.89. The molecule has 0 radical (unpaired) electrons. The molecular weight excluding hydrogens is 280 g/mol. The first-order valence-corrected chi connectivity index (χ1v) is 6.83. The molecule has 1 N–H and O–H groups in total. The lowest BCUT2D eigenvalue weighted by molar-refractivity contribution is -0.122. The van der Waals surface area contributed by atoms with Gasteiger partial charge in [0, 0.05) is 0 Å². The van der Waals surface area contributed by atoms with Crippen molar-refractivity contribution in [1.29, 1.82) is 0 Å². The summed E-state index contributed by atoms with van der Waals surface area (Å²) in [7, 11) is 0. The smallest absolute Gasteiger partial charge is 0.272 e. The van der Waals surface area contributed by atoms with Gasteiger partial charge in [0.1, 0.15) is 0 Å². The van der Waals surface area contributed by atoms with Crippen LogP contribution in [0.15, 0.2) is 12.2 Å². The molecule has 2 bridgehead atoms. The molecular formula is C12H16Cl3NO. The molecule has 0 aromatic rings. The van der Waals surface area contributed by atoms with Crippen molar-refractivity contribution in [2.75, 3.05) is 0 Å². The molecule has 0 heterocycles. The maximum atomic E-state index is 11.6. The number of hydrogen-bond acceptors (Lipinski definition) is 1. The maximum Gasteiger partial charge on any atom is 0.272 e. The summed E-state index contributed by atoms with van der Waals surface area (Å²) < 4.78 is -1.89. The quantitative estimate of drug-likeness (QED) is 0.583. The van der Waals surface area contributed by atoms with Crippen LogP contribution in [0.1, 0.15) is 26.7 Å². The van der Waals surface area contributed by atoms with Crippen molar-refractivity contribution in [3.05, 3.63) is 12.2 Å². The van der Waals surface area contributed by atoms with Crippen molar-refractivity contribution in [2.24, 2.45) is 17.3 Å². The lowest BCUT2D eigenvalue weighted by Gasteiger charge is -2.60. The van der Waals surface area contributed by atoms with Crippen LogP contribution < -0.4 is 5.32 Å². The van der Waals surface area contributed by atoms with E-state index in [4.69, 9.17) is 34.8 Å². The summed E-state index contributed by atoms with van der Waals surface area (Å²) in [6.45, 7) is 8.61. The van der Waals surface area contributed by atoms with E-state index in [2.05, 4.69) is 25.7 Å². The Kier molecular flexibility index (Phi) is 3.21. The number of fused-ring (bicyclic) bond motifs is 2. The standard InChI is InChI=1S/C12H16Cl3NO/c1-6-8-4-7(11(8,2)3)5-9(6)16-10(17)12(13,14)15/h7-9H,1,4-5H2,2-3H3,(H,16,17)/t7-,8+,9+/m1/s1. The van der Waals surface area contributed by atoms with Crippen LogP contribution in [0, 0.1) is 17.3 Å². The highest BCUT2D eigenvalue weighted by Crippen LogP contribution is 2.60. The van der Waals surface area contributed by atoms with E-state index in [1.165, 1.54) is 6.42 Å². The minimum absolute atomic E-state index is 0.0464. The number of nitrogens with one attached hydrogen (secondary N) is 1. The maximum absolute atomic E-state index is 11.6. The van der Waals surface area contributed by atoms with Crippen LogP contribution in [-0.2, 0) is 4.79 Å². The lowest BCUT2D eigenvalue weighted by Crippen LogP contribution is -2.58. The molecule has 0 saturated heterocycles. The van der Waals surface area contributed by atoms with Gasteiger partial charge in [-0.1, -0.05) is 60.8 Å². The van der Waals surface area contributed by atoms with Crippen molar-refractivity contribution < 1.29 is 4.79 Å². The van der Waals surface area contributed by atoms with Crippen molar-refractivity contribution in [3.8, 4) is 0 Å². The first-order valence-electron chi connectivity index (χ1n) is 5.70. The first kappa shape index (κ1) is 13.5. The number of hydrogen-bond donors (Lipinski definition) is 1. The van der Waals surface area contributed by atoms with Crippen molar-refractivity contribution >= 4 is 40.7 Å². The zero-order valence-electron chi connectivity index (χ0n) is 9.90. The van der Waals surface area contributed by atoms with Crippen molar-refractivity contribution in [3.63, 3.8) is 0 Å². The molecule has 3 aliphatic carbocycles. The summed E-state index contributed by atoms with van der Waals surface area (Å²) in [5.41, 5.74) is 1.37. The number of amides is 1. The monoisotopic (exact) mass is 295 g/mol. The van der Waals surface area contributed by atoms with Crippen LogP contribution in [0.5, 0.6) is 0 Å². The first-order chi connectivity index (χ1) is 7.64. The van der Waals surface area contributed by atoms with Gasteiger partial charge in [0.2, 0.25) is 0 Å². The van der Waals surface area contributed by atoms with Gasteiger partial charge in [0.25, 0.3) is 9.70 Å². The Hall–Kier alpha value is 0.0800. The molecule has 96 valence electrons. The molecule has 3 atom stereocenters. The molecule has 0 spiro atoms. The Labute approximate surface area is 117 Å². The fourth-order valence-electron chi connectivity index (χ4n) is 3.12. The number of rotatable bonds is 1. The third kappa shape index (κ3) is 2.20. The van der Waals surface area contributed by atoms with Crippen LogP contribution in [0.25, 0.3) is 0 Å². The second-order valence-electron chi connectivity index (χ2n) is 5.64. The zero-order chi connectivity index (χ0) is 13.0. The van der Waals surface area contributed by atoms with Crippen LogP contribution in [0.2, 0.25) is 0 Å². The second kappa shape index (κ2) is 4.04. The van der Waals surface area contributed by atoms with E-state index in [0.29, 0.717) is 17.3 Å². The predicted octanol–water partition coefficient (Wildman–Crippen LogP) is 3.46. The van der Waals surface area contributed by atoms with Crippen LogP contribution in [-0.4, -0.2) is 15.7 Å². The average molecular weight is 297 g/mol. The fourth-order valence-corrected chi connectivity index (χ4v) is 3.28. The summed E-state index contributed by atoms with van der Waals surface area (Å²) in [5, 5.41) is 2.77. The number of halogens is 3. The van der Waals surface area contributed by atoms with Crippen LogP contribution in [0.3, 0.4) is 0 Å². The van der Waals surface area contributed by atoms with Gasteiger partial charge in [-0.2, -0.15) is 0 Å². The van der Waals surface area contributed by atoms with Gasteiger partial charge in [-0.05, 0) is 30.1 Å². The molecule has 0 unspecified atom stereocenters. The Morgan fingerprint density at radius 2 is 2.00 bits per heavy atom. The van der Waals surface area contributed by atoms with E-state index in [9.17, 15) is 4.79 Å². The highest BCUT2D eigenvalue weighted by atomic mass is 35.6. The van der Waals surface area contributed by atoms with E-state index >= 15 is 0 Å². The molecule has 5 heteroatoms. The van der Waals surface area contributed by atoms with Crippen molar-refractivity contribution in [1.82, 2.24) is 5.32 Å². The summed E-state index contributed by atoms with van der Waals surface area (Å²) in [6, 6.07) is -0.0464. The molecule has 17 heavy (non-hydrogen) atoms. The molecule has 0 aliphatic heterocycles. The number of carbonyl (C=O) groups excluding carboxylic acids is 1. The summed E-state index contributed by atoms with van der Waals surface area (Å²) >= 11 is 16.6. The largest absolute Gasteiger partial charge is 0.346 e. The average Bonchev–Trinajstić information content (AvgIpc) is 2.18. The molecule has 3 aliphatic rings. The summed E-state index contributed by atoms with van der Waals surface area (Å²) in [5.74, 6) is 0.536. The Balaban J connectivity index is 2.03. The fraction of sp³-hybridized carbons (Fsp3) is 0.750. The number of alkyl halides is 3. The van der Waals surface area contributed by atoms with Gasteiger partial charge in [-0.3, -0.25) is 4.79 Å². The predicted molar refractivity (Wildman–Crippen MR) is 71.4 cm³/mol. The normalized spacial score (nSPS) is 35.1. The zero-order valence-corrected chi connectivity index (χ0v) is 12.2. The van der Waals surface area contributed by atoms with Gasteiger partial charge in [0.05, 0.1) is 6.04 Å². The van der Waals surface area contributed by atoms with E-state index in [-0.39, 0.29) is 6.04 Å². The van der Waals surface area contributed by atoms with E-state index < -0.39 is 9.70 Å². The second-order valence-corrected chi connectivity index (χ2v) is 7.92. The van der Waals surface area contributed by atoms with Gasteiger partial charge < -0.3 is 5.32 Å². The van der Waals surface area contributed by atoms with Gasteiger partial charge >= 0.3 is 0 Å². The van der Waals surface area contributed by atoms with Gasteiger partial charge in [-0.25, -0.2) is 0 Å². The van der Waals surface area contributed by atoms with E-state index in [1.54, 1.807) is 0 Å².